The largest absolute Gasteiger partial charge is 0.461 e. The lowest BCUT2D eigenvalue weighted by Gasteiger charge is -2.10. The molecule has 0 unspecified atom stereocenters. The second-order valence-corrected chi connectivity index (χ2v) is 8.14. The van der Waals surface area contributed by atoms with Crippen LogP contribution in [-0.2, 0) is 9.53 Å². The molecule has 182 valence electrons. The molecule has 0 fully saturated rings. The molecule has 10 nitrogen and oxygen atoms in total. The number of benzene rings is 2. The third kappa shape index (κ3) is 4.88. The summed E-state index contributed by atoms with van der Waals surface area (Å²) in [5, 5.41) is 19.2. The number of nitro benzene ring substituents is 1. The van der Waals surface area contributed by atoms with Gasteiger partial charge in [-0.25, -0.2) is 9.18 Å². The minimum Gasteiger partial charge on any atom is -0.461 e. The number of nitro groups is 1. The zero-order valence-electron chi connectivity index (χ0n) is 18.6. The third-order valence-electron chi connectivity index (χ3n) is 4.97. The number of carbonyl (C=O) groups is 2. The van der Waals surface area contributed by atoms with Crippen LogP contribution in [0, 0.1) is 15.9 Å². The van der Waals surface area contributed by atoms with Gasteiger partial charge in [-0.15, -0.1) is 11.3 Å². The van der Waals surface area contributed by atoms with E-state index in [1.54, 1.807) is 6.92 Å². The van der Waals surface area contributed by atoms with Gasteiger partial charge in [-0.3, -0.25) is 19.7 Å². The zero-order valence-corrected chi connectivity index (χ0v) is 19.5. The maximum absolute atomic E-state index is 14.5. The molecule has 1 N–H and O–H groups in total. The first-order valence-corrected chi connectivity index (χ1v) is 11.4. The Morgan fingerprint density at radius 2 is 1.94 bits per heavy atom. The van der Waals surface area contributed by atoms with Gasteiger partial charge in [0.25, 0.3) is 11.2 Å². The van der Waals surface area contributed by atoms with E-state index >= 15 is 0 Å². The van der Waals surface area contributed by atoms with Crippen molar-refractivity contribution < 1.29 is 23.6 Å². The highest BCUT2D eigenvalue weighted by Crippen LogP contribution is 2.31. The molecule has 4 aromatic rings. The van der Waals surface area contributed by atoms with Crippen molar-refractivity contribution >= 4 is 50.8 Å². The standard InChI is InChI=1S/C24H17FN4O6S/c1-2-35-24(32)21-16-13-36-22(20(16)23(31)28(27-21)18-6-4-3-5-17(18)25)26-19(30)12-9-14-7-10-15(11-8-14)29(33)34/h3-13H,2H2,1H3,(H,26,30)/b12-9+. The molecule has 2 aromatic carbocycles. The van der Waals surface area contributed by atoms with Gasteiger partial charge in [-0.2, -0.15) is 9.78 Å². The Balaban J connectivity index is 1.73. The lowest BCUT2D eigenvalue weighted by atomic mass is 10.2. The highest BCUT2D eigenvalue weighted by atomic mass is 32.1. The average Bonchev–Trinajstić information content (AvgIpc) is 3.28. The molecule has 0 spiro atoms. The number of para-hydroxylation sites is 1. The molecule has 0 saturated carbocycles. The number of halogens is 1. The van der Waals surface area contributed by atoms with Crippen LogP contribution in [-0.4, -0.2) is 33.2 Å². The van der Waals surface area contributed by atoms with E-state index in [4.69, 9.17) is 4.74 Å². The molecule has 0 saturated heterocycles. The molecule has 0 aliphatic rings. The zero-order chi connectivity index (χ0) is 25.8. The summed E-state index contributed by atoms with van der Waals surface area (Å²) in [4.78, 5) is 48.7. The van der Waals surface area contributed by atoms with Crippen molar-refractivity contribution in [3.63, 3.8) is 0 Å². The number of thiophene rings is 1. The average molecular weight is 508 g/mol. The van der Waals surface area contributed by atoms with Crippen LogP contribution >= 0.6 is 11.3 Å². The van der Waals surface area contributed by atoms with Gasteiger partial charge in [0.1, 0.15) is 16.5 Å². The molecule has 2 aromatic heterocycles. The Bertz CT molecular complexity index is 1580. The number of fused-ring (bicyclic) bond motifs is 1. The van der Waals surface area contributed by atoms with Crippen LogP contribution in [0.3, 0.4) is 0 Å². The molecule has 2 heterocycles. The van der Waals surface area contributed by atoms with Crippen LogP contribution in [0.5, 0.6) is 0 Å². The number of amides is 1. The summed E-state index contributed by atoms with van der Waals surface area (Å²) in [5.74, 6) is -2.13. The Hall–Kier alpha value is -4.71. The summed E-state index contributed by atoms with van der Waals surface area (Å²) in [5.41, 5.74) is -0.648. The van der Waals surface area contributed by atoms with Crippen LogP contribution in [0.25, 0.3) is 22.5 Å². The fourth-order valence-electron chi connectivity index (χ4n) is 3.31. The number of ether oxygens (including phenoxy) is 1. The summed E-state index contributed by atoms with van der Waals surface area (Å²) in [6, 6.07) is 11.0. The molecule has 36 heavy (non-hydrogen) atoms. The van der Waals surface area contributed by atoms with Gasteiger partial charge in [0.2, 0.25) is 5.91 Å². The van der Waals surface area contributed by atoms with Crippen LogP contribution in [0.15, 0.2) is 64.8 Å². The smallest absolute Gasteiger partial charge is 0.359 e. The van der Waals surface area contributed by atoms with Crippen LogP contribution in [0.1, 0.15) is 23.0 Å². The van der Waals surface area contributed by atoms with E-state index in [2.05, 4.69) is 10.4 Å². The van der Waals surface area contributed by atoms with Gasteiger partial charge in [0, 0.05) is 29.0 Å². The fourth-order valence-corrected chi connectivity index (χ4v) is 4.25. The van der Waals surface area contributed by atoms with E-state index in [9.17, 15) is 28.9 Å². The summed E-state index contributed by atoms with van der Waals surface area (Å²) in [6.45, 7) is 1.67. The third-order valence-corrected chi connectivity index (χ3v) is 5.87. The molecule has 12 heteroatoms. The Morgan fingerprint density at radius 3 is 2.61 bits per heavy atom. The van der Waals surface area contributed by atoms with E-state index in [-0.39, 0.29) is 39.4 Å². The number of esters is 1. The van der Waals surface area contributed by atoms with Crippen molar-refractivity contribution in [2.75, 3.05) is 11.9 Å². The van der Waals surface area contributed by atoms with Crippen LogP contribution in [0.4, 0.5) is 15.1 Å². The number of non-ortho nitro benzene ring substituents is 1. The van der Waals surface area contributed by atoms with Crippen molar-refractivity contribution in [3.8, 4) is 5.69 Å². The van der Waals surface area contributed by atoms with E-state index in [0.717, 1.165) is 22.1 Å². The highest BCUT2D eigenvalue weighted by Gasteiger charge is 2.23. The topological polar surface area (TPSA) is 133 Å². The van der Waals surface area contributed by atoms with Crippen molar-refractivity contribution in [1.29, 1.82) is 0 Å². The summed E-state index contributed by atoms with van der Waals surface area (Å²) in [6.07, 6.45) is 2.63. The second kappa shape index (κ2) is 10.3. The van der Waals surface area contributed by atoms with Crippen molar-refractivity contribution in [3.05, 3.63) is 97.5 Å². The van der Waals surface area contributed by atoms with E-state index < -0.39 is 28.2 Å². The Labute approximate surface area is 206 Å². The van der Waals surface area contributed by atoms with Gasteiger partial charge in [0.15, 0.2) is 5.69 Å². The van der Waals surface area contributed by atoms with Gasteiger partial charge in [0.05, 0.1) is 16.9 Å². The molecule has 0 atom stereocenters. The van der Waals surface area contributed by atoms with Crippen molar-refractivity contribution in [2.24, 2.45) is 0 Å². The predicted octanol–water partition coefficient (Wildman–Crippen LogP) is 4.32. The lowest BCUT2D eigenvalue weighted by molar-refractivity contribution is -0.384. The first kappa shape index (κ1) is 24.4. The van der Waals surface area contributed by atoms with E-state index in [0.29, 0.717) is 5.56 Å². The molecular weight excluding hydrogens is 491 g/mol. The van der Waals surface area contributed by atoms with Gasteiger partial charge >= 0.3 is 5.97 Å². The Kier molecular flexibility index (Phi) is 6.97. The van der Waals surface area contributed by atoms with Gasteiger partial charge < -0.3 is 10.1 Å². The number of nitrogens with zero attached hydrogens (tertiary/aromatic N) is 3. The quantitative estimate of drug-likeness (QED) is 0.170. The summed E-state index contributed by atoms with van der Waals surface area (Å²) >= 11 is 0.994. The fraction of sp³-hybridized carbons (Fsp3) is 0.0833. The monoisotopic (exact) mass is 508 g/mol. The molecule has 0 radical (unpaired) electrons. The van der Waals surface area contributed by atoms with Crippen molar-refractivity contribution in [1.82, 2.24) is 9.78 Å². The van der Waals surface area contributed by atoms with Crippen molar-refractivity contribution in [2.45, 2.75) is 6.92 Å². The Morgan fingerprint density at radius 1 is 1.22 bits per heavy atom. The summed E-state index contributed by atoms with van der Waals surface area (Å²) in [7, 11) is 0. The lowest BCUT2D eigenvalue weighted by Crippen LogP contribution is -2.26. The molecule has 0 aliphatic heterocycles. The van der Waals surface area contributed by atoms with Crippen LogP contribution in [0.2, 0.25) is 0 Å². The number of hydrogen-bond donors (Lipinski definition) is 1. The summed E-state index contributed by atoms with van der Waals surface area (Å²) < 4.78 is 20.3. The number of carbonyl (C=O) groups excluding carboxylic acids is 2. The predicted molar refractivity (Wildman–Crippen MR) is 132 cm³/mol. The first-order chi connectivity index (χ1) is 17.3. The molecule has 0 aliphatic carbocycles. The molecule has 0 bridgehead atoms. The first-order valence-electron chi connectivity index (χ1n) is 10.5. The molecule has 1 amide bonds. The van der Waals surface area contributed by atoms with Gasteiger partial charge in [-0.1, -0.05) is 12.1 Å². The number of anilines is 1. The normalized spacial score (nSPS) is 11.1. The highest BCUT2D eigenvalue weighted by molar-refractivity contribution is 7.16. The number of nitrogens with one attached hydrogen (secondary N) is 1. The maximum atomic E-state index is 14.5. The molecular formula is C24H17FN4O6S. The maximum Gasteiger partial charge on any atom is 0.359 e. The van der Waals surface area contributed by atoms with Crippen LogP contribution < -0.4 is 10.9 Å². The molecule has 4 rings (SSSR count). The SMILES string of the molecule is CCOC(=O)c1nn(-c2ccccc2F)c(=O)c2c(NC(=O)/C=C/c3ccc([N+](=O)[O-])cc3)scc12. The second-order valence-electron chi connectivity index (χ2n) is 7.26. The number of aromatic nitrogens is 2. The minimum absolute atomic E-state index is 0.0293. The van der Waals surface area contributed by atoms with E-state index in [1.165, 1.54) is 60.0 Å². The van der Waals surface area contributed by atoms with Gasteiger partial charge in [-0.05, 0) is 42.8 Å². The number of hydrogen-bond acceptors (Lipinski definition) is 8. The minimum atomic E-state index is -0.804. The van der Waals surface area contributed by atoms with E-state index in [1.807, 2.05) is 0 Å². The number of rotatable bonds is 7.